The Morgan fingerprint density at radius 1 is 1.08 bits per heavy atom. The van der Waals surface area contributed by atoms with E-state index >= 15 is 0 Å². The average Bonchev–Trinajstić information content (AvgIpc) is 2.96. The van der Waals surface area contributed by atoms with Gasteiger partial charge in [0, 0.05) is 11.3 Å². The maximum Gasteiger partial charge on any atom is 0.259 e. The molecule has 0 saturated heterocycles. The predicted octanol–water partition coefficient (Wildman–Crippen LogP) is 4.11. The third-order valence-electron chi connectivity index (χ3n) is 3.74. The number of thiol groups is 1. The summed E-state index contributed by atoms with van der Waals surface area (Å²) in [5, 5.41) is 2.76. The number of nitrogens with one attached hydrogen (secondary N) is 1. The molecule has 3 aromatic rings. The van der Waals surface area contributed by atoms with Gasteiger partial charge in [-0.15, -0.1) is 24.0 Å². The summed E-state index contributed by atoms with van der Waals surface area (Å²) < 4.78 is 5.48. The van der Waals surface area contributed by atoms with Gasteiger partial charge in [0.1, 0.15) is 5.75 Å². The Labute approximate surface area is 160 Å². The van der Waals surface area contributed by atoms with E-state index in [4.69, 9.17) is 10.5 Å². The van der Waals surface area contributed by atoms with Crippen molar-refractivity contribution in [1.82, 2.24) is 0 Å². The maximum absolute atomic E-state index is 12.6. The second kappa shape index (κ2) is 7.63. The minimum absolute atomic E-state index is 0.139. The number of amides is 1. The third-order valence-corrected chi connectivity index (χ3v) is 5.25. The molecule has 0 spiro atoms. The molecule has 5 nitrogen and oxygen atoms in total. The van der Waals surface area contributed by atoms with Gasteiger partial charge < -0.3 is 15.8 Å². The van der Waals surface area contributed by atoms with E-state index in [0.717, 1.165) is 11.3 Å². The highest BCUT2D eigenvalue weighted by molar-refractivity contribution is 7.83. The Bertz CT molecular complexity index is 951. The largest absolute Gasteiger partial charge is 0.497 e. The van der Waals surface area contributed by atoms with Gasteiger partial charge in [0.2, 0.25) is 5.78 Å². The lowest BCUT2D eigenvalue weighted by atomic mass is 10.1. The highest BCUT2D eigenvalue weighted by Crippen LogP contribution is 2.36. The second-order valence-electron chi connectivity index (χ2n) is 5.40. The minimum Gasteiger partial charge on any atom is -0.497 e. The molecule has 0 unspecified atom stereocenters. The number of nitrogen functional groups attached to an aromatic ring is 1. The van der Waals surface area contributed by atoms with Crippen LogP contribution in [0.2, 0.25) is 0 Å². The van der Waals surface area contributed by atoms with Crippen LogP contribution in [0.5, 0.6) is 5.75 Å². The Morgan fingerprint density at radius 2 is 1.73 bits per heavy atom. The van der Waals surface area contributed by atoms with E-state index in [9.17, 15) is 9.59 Å². The number of rotatable bonds is 5. The number of methoxy groups -OCH3 is 1. The molecule has 7 heteroatoms. The number of carbonyl (C=O) groups is 2. The van der Waals surface area contributed by atoms with Crippen LogP contribution in [0.1, 0.15) is 25.6 Å². The standard InChI is InChI=1S/C19H16N2O3S2/c1-24-13-9-7-12(8-10-13)21-18(23)14-15(20)17(26-19(14)25)16(22)11-5-3-2-4-6-11/h2-10,25H,20H2,1H3,(H,21,23). The fraction of sp³-hybridized carbons (Fsp3) is 0.0526. The molecule has 1 aromatic heterocycles. The molecule has 1 amide bonds. The summed E-state index contributed by atoms with van der Waals surface area (Å²) in [5.74, 6) is 0.0385. The van der Waals surface area contributed by atoms with Gasteiger partial charge in [-0.2, -0.15) is 0 Å². The van der Waals surface area contributed by atoms with Gasteiger partial charge in [-0.3, -0.25) is 9.59 Å². The van der Waals surface area contributed by atoms with Crippen LogP contribution in [0.4, 0.5) is 11.4 Å². The van der Waals surface area contributed by atoms with Gasteiger partial charge >= 0.3 is 0 Å². The molecule has 0 bridgehead atoms. The fourth-order valence-electron chi connectivity index (χ4n) is 2.41. The number of ether oxygens (including phenoxy) is 1. The lowest BCUT2D eigenvalue weighted by Gasteiger charge is -2.07. The van der Waals surface area contributed by atoms with Crippen LogP contribution in [-0.2, 0) is 0 Å². The summed E-state index contributed by atoms with van der Waals surface area (Å²) in [6.45, 7) is 0. The summed E-state index contributed by atoms with van der Waals surface area (Å²) in [7, 11) is 1.57. The van der Waals surface area contributed by atoms with Crippen molar-refractivity contribution in [2.75, 3.05) is 18.2 Å². The van der Waals surface area contributed by atoms with E-state index in [1.807, 2.05) is 6.07 Å². The first kappa shape index (κ1) is 18.0. The van der Waals surface area contributed by atoms with E-state index < -0.39 is 5.91 Å². The van der Waals surface area contributed by atoms with Gasteiger partial charge in [0.15, 0.2) is 0 Å². The molecule has 0 atom stereocenters. The Kier molecular flexibility index (Phi) is 5.29. The molecule has 26 heavy (non-hydrogen) atoms. The van der Waals surface area contributed by atoms with Crippen molar-refractivity contribution in [2.45, 2.75) is 4.21 Å². The van der Waals surface area contributed by atoms with Crippen molar-refractivity contribution in [1.29, 1.82) is 0 Å². The molecule has 0 radical (unpaired) electrons. The van der Waals surface area contributed by atoms with Crippen LogP contribution in [0, 0.1) is 0 Å². The lowest BCUT2D eigenvalue weighted by Crippen LogP contribution is -2.14. The SMILES string of the molecule is COc1ccc(NC(=O)c2c(S)sc(C(=O)c3ccccc3)c2N)cc1. The molecule has 0 fully saturated rings. The third kappa shape index (κ3) is 3.58. The fourth-order valence-corrected chi connectivity index (χ4v) is 3.82. The molecule has 132 valence electrons. The van der Waals surface area contributed by atoms with Crippen molar-refractivity contribution in [3.63, 3.8) is 0 Å². The van der Waals surface area contributed by atoms with Crippen LogP contribution >= 0.6 is 24.0 Å². The molecule has 0 aliphatic carbocycles. The number of benzene rings is 2. The Morgan fingerprint density at radius 3 is 2.35 bits per heavy atom. The van der Waals surface area contributed by atoms with Crippen LogP contribution < -0.4 is 15.8 Å². The monoisotopic (exact) mass is 384 g/mol. The van der Waals surface area contributed by atoms with Gasteiger partial charge in [-0.25, -0.2) is 0 Å². The number of carbonyl (C=O) groups excluding carboxylic acids is 2. The normalized spacial score (nSPS) is 10.4. The summed E-state index contributed by atoms with van der Waals surface area (Å²) in [4.78, 5) is 25.5. The predicted molar refractivity (Wildman–Crippen MR) is 107 cm³/mol. The number of thiophene rings is 1. The van der Waals surface area contributed by atoms with Crippen LogP contribution in [0.3, 0.4) is 0 Å². The van der Waals surface area contributed by atoms with Crippen LogP contribution in [0.15, 0.2) is 58.8 Å². The highest BCUT2D eigenvalue weighted by atomic mass is 32.2. The van der Waals surface area contributed by atoms with Crippen molar-refractivity contribution in [2.24, 2.45) is 0 Å². The zero-order chi connectivity index (χ0) is 18.7. The lowest BCUT2D eigenvalue weighted by molar-refractivity contribution is 0.102. The molecule has 2 aromatic carbocycles. The number of nitrogens with two attached hydrogens (primary N) is 1. The number of ketones is 1. The highest BCUT2D eigenvalue weighted by Gasteiger charge is 2.24. The van der Waals surface area contributed by atoms with Crippen LogP contribution in [-0.4, -0.2) is 18.8 Å². The van der Waals surface area contributed by atoms with Crippen LogP contribution in [0.25, 0.3) is 0 Å². The van der Waals surface area contributed by atoms with Gasteiger partial charge in [-0.1, -0.05) is 30.3 Å². The van der Waals surface area contributed by atoms with Crippen molar-refractivity contribution in [3.05, 3.63) is 70.6 Å². The zero-order valence-corrected chi connectivity index (χ0v) is 15.6. The van der Waals surface area contributed by atoms with Crippen molar-refractivity contribution < 1.29 is 14.3 Å². The molecule has 3 N–H and O–H groups in total. The van der Waals surface area contributed by atoms with Crippen molar-refractivity contribution >= 4 is 47.0 Å². The molecule has 0 aliphatic rings. The topological polar surface area (TPSA) is 81.4 Å². The molecular formula is C19H16N2O3S2. The summed E-state index contributed by atoms with van der Waals surface area (Å²) in [6, 6.07) is 15.7. The molecule has 0 saturated carbocycles. The van der Waals surface area contributed by atoms with Gasteiger partial charge in [0.25, 0.3) is 5.91 Å². The van der Waals surface area contributed by atoms with E-state index in [2.05, 4.69) is 17.9 Å². The average molecular weight is 384 g/mol. The first-order valence-electron chi connectivity index (χ1n) is 7.67. The van der Waals surface area contributed by atoms with Gasteiger partial charge in [-0.05, 0) is 24.3 Å². The first-order chi connectivity index (χ1) is 12.5. The quantitative estimate of drug-likeness (QED) is 0.457. The van der Waals surface area contributed by atoms with E-state index in [1.165, 1.54) is 0 Å². The molecule has 0 aliphatic heterocycles. The minimum atomic E-state index is -0.416. The maximum atomic E-state index is 12.6. The van der Waals surface area contributed by atoms with E-state index in [-0.39, 0.29) is 17.0 Å². The van der Waals surface area contributed by atoms with E-state index in [0.29, 0.717) is 26.1 Å². The smallest absolute Gasteiger partial charge is 0.259 e. The number of anilines is 2. The zero-order valence-electron chi connectivity index (χ0n) is 13.9. The Balaban J connectivity index is 1.87. The Hall–Kier alpha value is -2.77. The molecule has 3 rings (SSSR count). The first-order valence-corrected chi connectivity index (χ1v) is 8.94. The molecule has 1 heterocycles. The second-order valence-corrected chi connectivity index (χ2v) is 7.17. The number of hydrogen-bond acceptors (Lipinski definition) is 6. The summed E-state index contributed by atoms with van der Waals surface area (Å²) >= 11 is 5.44. The van der Waals surface area contributed by atoms with E-state index in [1.54, 1.807) is 55.6 Å². The summed E-state index contributed by atoms with van der Waals surface area (Å²) in [6.07, 6.45) is 0. The molecular weight excluding hydrogens is 368 g/mol. The number of hydrogen-bond donors (Lipinski definition) is 3. The van der Waals surface area contributed by atoms with Crippen molar-refractivity contribution in [3.8, 4) is 5.75 Å². The summed E-state index contributed by atoms with van der Waals surface area (Å²) in [5.41, 5.74) is 7.54. The van der Waals surface area contributed by atoms with Gasteiger partial charge in [0.05, 0.1) is 27.4 Å².